The summed E-state index contributed by atoms with van der Waals surface area (Å²) in [5.41, 5.74) is 12.2. The minimum Gasteiger partial charge on any atom is -0.457 e. The lowest BCUT2D eigenvalue weighted by Crippen LogP contribution is -1.84. The van der Waals surface area contributed by atoms with Crippen molar-refractivity contribution in [3.8, 4) is 11.5 Å². The molecule has 0 unspecified atom stereocenters. The normalized spacial score (nSPS) is 11.0. The van der Waals surface area contributed by atoms with Gasteiger partial charge in [0.2, 0.25) is 0 Å². The molecule has 3 rings (SSSR count). The quantitative estimate of drug-likeness (QED) is 0.614. The molecule has 1 aromatic heterocycles. The van der Waals surface area contributed by atoms with Crippen molar-refractivity contribution in [2.45, 2.75) is 0 Å². The fraction of sp³-hybridized carbons (Fsp3) is 0. The average molecular weight is 329 g/mol. The lowest BCUT2D eigenvalue weighted by molar-refractivity contribution is 0.483. The number of anilines is 2. The molecule has 2 aromatic carbocycles. The van der Waals surface area contributed by atoms with E-state index in [1.165, 1.54) is 0 Å². The molecule has 0 spiro atoms. The number of H-pyrrole nitrogens is 1. The second kappa shape index (κ2) is 6.37. The Kier molecular flexibility index (Phi) is 4.11. The maximum atomic E-state index is 5.83. The zero-order chi connectivity index (χ0) is 16.2. The second-order valence-corrected chi connectivity index (χ2v) is 5.06. The smallest absolute Gasteiger partial charge is 0.175 e. The van der Waals surface area contributed by atoms with Gasteiger partial charge in [0.1, 0.15) is 17.3 Å². The summed E-state index contributed by atoms with van der Waals surface area (Å²) in [5.74, 6) is 1.85. The predicted molar refractivity (Wildman–Crippen MR) is 89.6 cm³/mol. The number of nitrogen functional groups attached to an aromatic ring is 2. The molecule has 1 heterocycles. The Hall–Kier alpha value is -3.06. The Morgan fingerprint density at radius 2 is 1.52 bits per heavy atom. The lowest BCUT2D eigenvalue weighted by Gasteiger charge is -2.05. The van der Waals surface area contributed by atoms with Gasteiger partial charge in [-0.05, 0) is 48.5 Å². The highest BCUT2D eigenvalue weighted by Gasteiger charge is 2.06. The van der Waals surface area contributed by atoms with Crippen molar-refractivity contribution < 1.29 is 4.74 Å². The number of nitrogens with one attached hydrogen (secondary N) is 1. The van der Waals surface area contributed by atoms with Crippen molar-refractivity contribution >= 4 is 34.6 Å². The molecular formula is C15H13ClN6O. The number of rotatable bonds is 4. The number of azo groups is 1. The maximum Gasteiger partial charge on any atom is 0.175 e. The highest BCUT2D eigenvalue weighted by atomic mass is 35.5. The number of hydrogen-bond acceptors (Lipinski definition) is 6. The molecule has 0 amide bonds. The van der Waals surface area contributed by atoms with Crippen LogP contribution in [0.3, 0.4) is 0 Å². The Morgan fingerprint density at radius 3 is 2.09 bits per heavy atom. The molecule has 3 aromatic rings. The van der Waals surface area contributed by atoms with Gasteiger partial charge in [-0.1, -0.05) is 11.6 Å². The molecule has 0 aliphatic heterocycles. The first-order valence-corrected chi connectivity index (χ1v) is 7.04. The average Bonchev–Trinajstić information content (AvgIpc) is 2.88. The summed E-state index contributed by atoms with van der Waals surface area (Å²) in [5, 5.41) is 15.0. The molecule has 0 aliphatic carbocycles. The molecular weight excluding hydrogens is 316 g/mol. The number of nitrogens with two attached hydrogens (primary N) is 2. The SMILES string of the molecule is Nc1n[nH]c(N)c1N=Nc1ccc(Oc2ccc(Cl)cc2)cc1. The molecule has 0 saturated heterocycles. The van der Waals surface area contributed by atoms with Gasteiger partial charge in [-0.2, -0.15) is 10.2 Å². The molecule has 0 radical (unpaired) electrons. The topological polar surface area (TPSA) is 115 Å². The zero-order valence-electron chi connectivity index (χ0n) is 11.9. The van der Waals surface area contributed by atoms with E-state index in [1.807, 2.05) is 0 Å². The lowest BCUT2D eigenvalue weighted by atomic mass is 10.3. The highest BCUT2D eigenvalue weighted by molar-refractivity contribution is 6.30. The number of halogens is 1. The number of aromatic amines is 1. The zero-order valence-corrected chi connectivity index (χ0v) is 12.7. The van der Waals surface area contributed by atoms with Crippen molar-refractivity contribution in [2.75, 3.05) is 11.5 Å². The van der Waals surface area contributed by atoms with E-state index < -0.39 is 0 Å². The molecule has 0 aliphatic rings. The molecule has 0 bridgehead atoms. The third kappa shape index (κ3) is 3.58. The van der Waals surface area contributed by atoms with Gasteiger partial charge in [-0.3, -0.25) is 5.10 Å². The number of benzene rings is 2. The van der Waals surface area contributed by atoms with Crippen LogP contribution in [0.4, 0.5) is 23.0 Å². The molecule has 0 atom stereocenters. The fourth-order valence-corrected chi connectivity index (χ4v) is 1.92. The van der Waals surface area contributed by atoms with E-state index in [-0.39, 0.29) is 11.6 Å². The second-order valence-electron chi connectivity index (χ2n) is 4.62. The van der Waals surface area contributed by atoms with E-state index in [0.29, 0.717) is 27.9 Å². The summed E-state index contributed by atoms with van der Waals surface area (Å²) in [7, 11) is 0. The van der Waals surface area contributed by atoms with Crippen LogP contribution < -0.4 is 16.2 Å². The maximum absolute atomic E-state index is 5.83. The predicted octanol–water partition coefficient (Wildman–Crippen LogP) is 4.44. The largest absolute Gasteiger partial charge is 0.457 e. The van der Waals surface area contributed by atoms with Crippen molar-refractivity contribution in [3.05, 3.63) is 53.6 Å². The molecule has 0 saturated carbocycles. The van der Waals surface area contributed by atoms with Crippen molar-refractivity contribution in [3.63, 3.8) is 0 Å². The van der Waals surface area contributed by atoms with Gasteiger partial charge >= 0.3 is 0 Å². The van der Waals surface area contributed by atoms with Crippen LogP contribution in [0.1, 0.15) is 0 Å². The van der Waals surface area contributed by atoms with Crippen LogP contribution >= 0.6 is 11.6 Å². The van der Waals surface area contributed by atoms with Gasteiger partial charge in [-0.25, -0.2) is 0 Å². The van der Waals surface area contributed by atoms with Gasteiger partial charge in [0.15, 0.2) is 11.5 Å². The Balaban J connectivity index is 1.71. The molecule has 116 valence electrons. The van der Waals surface area contributed by atoms with Crippen LogP contribution in [0.15, 0.2) is 58.8 Å². The monoisotopic (exact) mass is 328 g/mol. The molecule has 23 heavy (non-hydrogen) atoms. The summed E-state index contributed by atoms with van der Waals surface area (Å²) in [6.07, 6.45) is 0. The van der Waals surface area contributed by atoms with Crippen molar-refractivity contribution in [1.82, 2.24) is 10.2 Å². The summed E-state index contributed by atoms with van der Waals surface area (Å²) in [6.45, 7) is 0. The van der Waals surface area contributed by atoms with Gasteiger partial charge in [0.05, 0.1) is 5.69 Å². The minimum atomic E-state index is 0.203. The number of ether oxygens (including phenoxy) is 1. The summed E-state index contributed by atoms with van der Waals surface area (Å²) < 4.78 is 5.69. The van der Waals surface area contributed by atoms with E-state index in [4.69, 9.17) is 27.8 Å². The first-order chi connectivity index (χ1) is 11.1. The van der Waals surface area contributed by atoms with Crippen LogP contribution in [0.2, 0.25) is 5.02 Å². The number of nitrogens with zero attached hydrogens (tertiary/aromatic N) is 3. The molecule has 8 heteroatoms. The fourth-order valence-electron chi connectivity index (χ4n) is 1.80. The number of aromatic nitrogens is 2. The minimum absolute atomic E-state index is 0.203. The standard InChI is InChI=1S/C15H13ClN6O/c16-9-1-5-11(6-2-9)23-12-7-3-10(4-8-12)19-20-13-14(17)21-22-15(13)18/h1-8H,(H5,17,18,21,22). The molecule has 5 N–H and O–H groups in total. The highest BCUT2D eigenvalue weighted by Crippen LogP contribution is 2.29. The Morgan fingerprint density at radius 1 is 0.913 bits per heavy atom. The van der Waals surface area contributed by atoms with Gasteiger partial charge in [0.25, 0.3) is 0 Å². The van der Waals surface area contributed by atoms with Gasteiger partial charge in [-0.15, -0.1) is 5.11 Å². The first kappa shape index (κ1) is 14.9. The summed E-state index contributed by atoms with van der Waals surface area (Å²) >= 11 is 5.83. The summed E-state index contributed by atoms with van der Waals surface area (Å²) in [4.78, 5) is 0. The van der Waals surface area contributed by atoms with Crippen LogP contribution in [0, 0.1) is 0 Å². The molecule has 7 nitrogen and oxygen atoms in total. The van der Waals surface area contributed by atoms with E-state index >= 15 is 0 Å². The number of hydrogen-bond donors (Lipinski definition) is 3. The molecule has 0 fully saturated rings. The van der Waals surface area contributed by atoms with Crippen LogP contribution in [0.25, 0.3) is 0 Å². The van der Waals surface area contributed by atoms with Crippen molar-refractivity contribution in [1.29, 1.82) is 0 Å². The van der Waals surface area contributed by atoms with Crippen LogP contribution in [-0.2, 0) is 0 Å². The Bertz CT molecular complexity index is 807. The van der Waals surface area contributed by atoms with E-state index in [1.54, 1.807) is 48.5 Å². The van der Waals surface area contributed by atoms with E-state index in [0.717, 1.165) is 0 Å². The van der Waals surface area contributed by atoms with Crippen molar-refractivity contribution in [2.24, 2.45) is 10.2 Å². The first-order valence-electron chi connectivity index (χ1n) is 6.66. The third-order valence-corrected chi connectivity index (χ3v) is 3.20. The van der Waals surface area contributed by atoms with Crippen LogP contribution in [0.5, 0.6) is 11.5 Å². The van der Waals surface area contributed by atoms with E-state index in [2.05, 4.69) is 20.4 Å². The van der Waals surface area contributed by atoms with Crippen LogP contribution in [-0.4, -0.2) is 10.2 Å². The van der Waals surface area contributed by atoms with E-state index in [9.17, 15) is 0 Å². The summed E-state index contributed by atoms with van der Waals surface area (Å²) in [6, 6.07) is 14.2. The van der Waals surface area contributed by atoms with Gasteiger partial charge < -0.3 is 16.2 Å². The van der Waals surface area contributed by atoms with Gasteiger partial charge in [0, 0.05) is 5.02 Å². The third-order valence-electron chi connectivity index (χ3n) is 2.95. The Labute approximate surface area is 136 Å².